The number of nitrogens with zero attached hydrogens (tertiary/aromatic N) is 1. The first-order valence-electron chi connectivity index (χ1n) is 6.01. The van der Waals surface area contributed by atoms with Gasteiger partial charge in [0.15, 0.2) is 0 Å². The van der Waals surface area contributed by atoms with E-state index < -0.39 is 0 Å². The van der Waals surface area contributed by atoms with Crippen LogP contribution in [0.2, 0.25) is 0 Å². The molecule has 19 heavy (non-hydrogen) atoms. The summed E-state index contributed by atoms with van der Waals surface area (Å²) in [6.45, 7) is 2.09. The molecular formula is C15H13NO3. The maximum Gasteiger partial charge on any atom is 0.334 e. The predicted molar refractivity (Wildman–Crippen MR) is 71.8 cm³/mol. The monoisotopic (exact) mass is 255 g/mol. The number of fused-ring (bicyclic) bond motifs is 1. The lowest BCUT2D eigenvalue weighted by Crippen LogP contribution is -1.95. The van der Waals surface area contributed by atoms with Crippen molar-refractivity contribution in [3.8, 4) is 5.88 Å². The average Bonchev–Trinajstić information content (AvgIpc) is 2.78. The lowest BCUT2D eigenvalue weighted by atomic mass is 9.99. The summed E-state index contributed by atoms with van der Waals surface area (Å²) >= 11 is 0. The third kappa shape index (κ3) is 1.85. The van der Waals surface area contributed by atoms with Crippen molar-refractivity contribution < 1.29 is 14.3 Å². The molecule has 0 radical (unpaired) electrons. The molecule has 0 aliphatic carbocycles. The molecule has 0 N–H and O–H groups in total. The van der Waals surface area contributed by atoms with E-state index in [2.05, 4.69) is 4.98 Å². The number of esters is 1. The number of carbonyl (C=O) groups is 1. The van der Waals surface area contributed by atoms with Crippen molar-refractivity contribution in [2.45, 2.75) is 6.92 Å². The Bertz CT molecular complexity index is 704. The fourth-order valence-corrected chi connectivity index (χ4v) is 2.26. The SMILES string of the molecule is COc1cc(C2=C(C)C(=O)OC2)c2ccccc2n1. The van der Waals surface area contributed by atoms with Crippen LogP contribution in [0.25, 0.3) is 16.5 Å². The molecule has 0 bridgehead atoms. The fourth-order valence-electron chi connectivity index (χ4n) is 2.26. The second-order valence-electron chi connectivity index (χ2n) is 4.41. The molecule has 1 aliphatic rings. The normalized spacial score (nSPS) is 14.9. The number of hydrogen-bond donors (Lipinski definition) is 0. The van der Waals surface area contributed by atoms with Crippen molar-refractivity contribution in [1.29, 1.82) is 0 Å². The number of hydrogen-bond acceptors (Lipinski definition) is 4. The van der Waals surface area contributed by atoms with E-state index >= 15 is 0 Å². The van der Waals surface area contributed by atoms with Gasteiger partial charge in [-0.3, -0.25) is 0 Å². The number of ether oxygens (including phenoxy) is 2. The Labute approximate surface area is 110 Å². The number of benzene rings is 1. The van der Waals surface area contributed by atoms with Crippen LogP contribution >= 0.6 is 0 Å². The molecule has 4 nitrogen and oxygen atoms in total. The van der Waals surface area contributed by atoms with E-state index in [1.54, 1.807) is 14.0 Å². The first-order chi connectivity index (χ1) is 9.20. The summed E-state index contributed by atoms with van der Waals surface area (Å²) in [6.07, 6.45) is 0. The number of rotatable bonds is 2. The zero-order valence-corrected chi connectivity index (χ0v) is 10.8. The van der Waals surface area contributed by atoms with Gasteiger partial charge in [0, 0.05) is 22.6 Å². The summed E-state index contributed by atoms with van der Waals surface area (Å²) in [4.78, 5) is 15.9. The highest BCUT2D eigenvalue weighted by atomic mass is 16.5. The molecule has 4 heteroatoms. The number of pyridine rings is 1. The quantitative estimate of drug-likeness (QED) is 0.774. The van der Waals surface area contributed by atoms with E-state index in [9.17, 15) is 4.79 Å². The standard InChI is InChI=1S/C15H13NO3/c1-9-12(8-19-15(9)17)11-7-14(18-2)16-13-6-4-3-5-10(11)13/h3-7H,8H2,1-2H3. The third-order valence-corrected chi connectivity index (χ3v) is 3.33. The highest BCUT2D eigenvalue weighted by Gasteiger charge is 2.23. The summed E-state index contributed by atoms with van der Waals surface area (Å²) < 4.78 is 10.3. The van der Waals surface area contributed by atoms with Crippen LogP contribution in [0.3, 0.4) is 0 Å². The predicted octanol–water partition coefficient (Wildman–Crippen LogP) is 2.57. The van der Waals surface area contributed by atoms with Crippen LogP contribution in [0.4, 0.5) is 0 Å². The minimum absolute atomic E-state index is 0.255. The van der Waals surface area contributed by atoms with Gasteiger partial charge in [-0.15, -0.1) is 0 Å². The van der Waals surface area contributed by atoms with Gasteiger partial charge in [-0.05, 0) is 18.6 Å². The number of para-hydroxylation sites is 1. The van der Waals surface area contributed by atoms with Crippen LogP contribution in [0.15, 0.2) is 35.9 Å². The van der Waals surface area contributed by atoms with E-state index in [-0.39, 0.29) is 5.97 Å². The maximum absolute atomic E-state index is 11.5. The first-order valence-corrected chi connectivity index (χ1v) is 6.01. The Kier molecular flexibility index (Phi) is 2.71. The van der Waals surface area contributed by atoms with Crippen molar-refractivity contribution in [3.05, 3.63) is 41.5 Å². The lowest BCUT2D eigenvalue weighted by Gasteiger charge is -2.09. The second kappa shape index (κ2) is 4.39. The van der Waals surface area contributed by atoms with Crippen molar-refractivity contribution in [3.63, 3.8) is 0 Å². The largest absolute Gasteiger partial charge is 0.481 e. The average molecular weight is 255 g/mol. The molecule has 3 rings (SSSR count). The molecule has 2 aromatic rings. The molecule has 1 aromatic carbocycles. The molecule has 0 fully saturated rings. The Morgan fingerprint density at radius 3 is 2.79 bits per heavy atom. The molecule has 96 valence electrons. The highest BCUT2D eigenvalue weighted by molar-refractivity contribution is 6.05. The number of methoxy groups -OCH3 is 1. The van der Waals surface area contributed by atoms with Crippen molar-refractivity contribution in [2.75, 3.05) is 13.7 Å². The van der Waals surface area contributed by atoms with Crippen LogP contribution in [0.1, 0.15) is 12.5 Å². The molecule has 1 aliphatic heterocycles. The Morgan fingerprint density at radius 2 is 2.11 bits per heavy atom. The minimum Gasteiger partial charge on any atom is -0.481 e. The molecule has 0 saturated heterocycles. The van der Waals surface area contributed by atoms with Gasteiger partial charge in [0.2, 0.25) is 5.88 Å². The van der Waals surface area contributed by atoms with Gasteiger partial charge in [0.05, 0.1) is 12.6 Å². The van der Waals surface area contributed by atoms with Crippen LogP contribution in [-0.2, 0) is 9.53 Å². The summed E-state index contributed by atoms with van der Waals surface area (Å²) in [7, 11) is 1.58. The summed E-state index contributed by atoms with van der Waals surface area (Å²) in [5.74, 6) is 0.281. The van der Waals surface area contributed by atoms with E-state index in [0.717, 1.165) is 22.0 Å². The zero-order chi connectivity index (χ0) is 13.4. The van der Waals surface area contributed by atoms with E-state index in [1.165, 1.54) is 0 Å². The van der Waals surface area contributed by atoms with E-state index in [4.69, 9.17) is 9.47 Å². The highest BCUT2D eigenvalue weighted by Crippen LogP contribution is 2.32. The fraction of sp³-hybridized carbons (Fsp3) is 0.200. The molecular weight excluding hydrogens is 242 g/mol. The molecule has 1 aromatic heterocycles. The smallest absolute Gasteiger partial charge is 0.334 e. The van der Waals surface area contributed by atoms with E-state index in [0.29, 0.717) is 18.1 Å². The molecule has 2 heterocycles. The summed E-state index contributed by atoms with van der Waals surface area (Å²) in [5.41, 5.74) is 3.35. The number of cyclic esters (lactones) is 1. The Hall–Kier alpha value is -2.36. The Balaban J connectivity index is 2.31. The van der Waals surface area contributed by atoms with Crippen LogP contribution < -0.4 is 4.74 Å². The second-order valence-corrected chi connectivity index (χ2v) is 4.41. The third-order valence-electron chi connectivity index (χ3n) is 3.33. The van der Waals surface area contributed by atoms with Crippen molar-refractivity contribution in [1.82, 2.24) is 4.98 Å². The van der Waals surface area contributed by atoms with Gasteiger partial charge in [-0.25, -0.2) is 9.78 Å². The van der Waals surface area contributed by atoms with Gasteiger partial charge in [0.25, 0.3) is 0 Å². The van der Waals surface area contributed by atoms with Crippen LogP contribution in [-0.4, -0.2) is 24.7 Å². The molecule has 0 unspecified atom stereocenters. The molecule has 0 saturated carbocycles. The summed E-state index contributed by atoms with van der Waals surface area (Å²) in [6, 6.07) is 9.64. The number of aromatic nitrogens is 1. The zero-order valence-electron chi connectivity index (χ0n) is 10.8. The van der Waals surface area contributed by atoms with Crippen molar-refractivity contribution in [2.24, 2.45) is 0 Å². The maximum atomic E-state index is 11.5. The van der Waals surface area contributed by atoms with Crippen molar-refractivity contribution >= 4 is 22.4 Å². The molecule has 0 atom stereocenters. The van der Waals surface area contributed by atoms with Crippen LogP contribution in [0.5, 0.6) is 5.88 Å². The summed E-state index contributed by atoms with van der Waals surface area (Å²) in [5, 5.41) is 0.996. The van der Waals surface area contributed by atoms with Crippen LogP contribution in [0, 0.1) is 0 Å². The Morgan fingerprint density at radius 1 is 1.32 bits per heavy atom. The van der Waals surface area contributed by atoms with Gasteiger partial charge >= 0.3 is 5.97 Å². The van der Waals surface area contributed by atoms with Gasteiger partial charge in [-0.2, -0.15) is 0 Å². The first kappa shape index (κ1) is 11.7. The number of carbonyl (C=O) groups excluding carboxylic acids is 1. The topological polar surface area (TPSA) is 48.4 Å². The van der Waals surface area contributed by atoms with Gasteiger partial charge < -0.3 is 9.47 Å². The lowest BCUT2D eigenvalue weighted by molar-refractivity contribution is -0.135. The molecule has 0 spiro atoms. The van der Waals surface area contributed by atoms with E-state index in [1.807, 2.05) is 30.3 Å². The minimum atomic E-state index is -0.255. The van der Waals surface area contributed by atoms with Gasteiger partial charge in [0.1, 0.15) is 6.61 Å². The molecule has 0 amide bonds. The van der Waals surface area contributed by atoms with Gasteiger partial charge in [-0.1, -0.05) is 18.2 Å².